The zero-order valence-electron chi connectivity index (χ0n) is 9.62. The number of fused-ring (bicyclic) bond motifs is 1. The van der Waals surface area contributed by atoms with Crippen LogP contribution in [0.1, 0.15) is 20.3 Å². The molecule has 0 spiro atoms. The Labute approximate surface area is 94.7 Å². The normalized spacial score (nSPS) is 14.9. The van der Waals surface area contributed by atoms with Crippen LogP contribution in [0.15, 0.2) is 24.3 Å². The van der Waals surface area contributed by atoms with Gasteiger partial charge in [-0.2, -0.15) is 0 Å². The number of nitrogens with one attached hydrogen (secondary N) is 2. The van der Waals surface area contributed by atoms with Crippen LogP contribution in [0.5, 0.6) is 0 Å². The summed E-state index contributed by atoms with van der Waals surface area (Å²) in [6.07, 6.45) is 0.834. The number of hydrogen-bond donors (Lipinski definition) is 3. The van der Waals surface area contributed by atoms with Gasteiger partial charge in [0.1, 0.15) is 0 Å². The van der Waals surface area contributed by atoms with Gasteiger partial charge in [0.15, 0.2) is 0 Å². The number of benzene rings is 1. The minimum Gasteiger partial charge on any atom is -0.394 e. The molecule has 0 bridgehead atoms. The van der Waals surface area contributed by atoms with Crippen molar-refractivity contribution in [1.29, 1.82) is 0 Å². The van der Waals surface area contributed by atoms with Gasteiger partial charge in [-0.3, -0.25) is 0 Å². The molecule has 2 aromatic rings. The highest BCUT2D eigenvalue weighted by atomic mass is 16.3. The van der Waals surface area contributed by atoms with E-state index in [9.17, 15) is 5.11 Å². The number of imidazole rings is 1. The Bertz CT molecular complexity index is 441. The number of anilines is 1. The second-order valence-corrected chi connectivity index (χ2v) is 4.30. The molecule has 3 N–H and O–H groups in total. The summed E-state index contributed by atoms with van der Waals surface area (Å²) >= 11 is 0. The molecule has 0 fully saturated rings. The highest BCUT2D eigenvalue weighted by molar-refractivity contribution is 5.77. The van der Waals surface area contributed by atoms with Crippen LogP contribution < -0.4 is 5.32 Å². The van der Waals surface area contributed by atoms with E-state index in [2.05, 4.69) is 15.3 Å². The van der Waals surface area contributed by atoms with E-state index in [0.717, 1.165) is 17.5 Å². The Morgan fingerprint density at radius 3 is 2.81 bits per heavy atom. The summed E-state index contributed by atoms with van der Waals surface area (Å²) in [5.41, 5.74) is 1.61. The Hall–Kier alpha value is -1.55. The number of aromatic amines is 1. The number of rotatable bonds is 4. The highest BCUT2D eigenvalue weighted by Gasteiger charge is 2.21. The Kier molecular flexibility index (Phi) is 2.83. The minimum atomic E-state index is -0.326. The van der Waals surface area contributed by atoms with Crippen molar-refractivity contribution in [2.24, 2.45) is 0 Å². The quantitative estimate of drug-likeness (QED) is 0.738. The van der Waals surface area contributed by atoms with Crippen LogP contribution in [0.4, 0.5) is 5.95 Å². The van der Waals surface area contributed by atoms with E-state index in [-0.39, 0.29) is 12.1 Å². The van der Waals surface area contributed by atoms with Gasteiger partial charge in [-0.1, -0.05) is 19.1 Å². The number of hydrogen-bond acceptors (Lipinski definition) is 3. The molecule has 0 saturated heterocycles. The Morgan fingerprint density at radius 2 is 2.19 bits per heavy atom. The lowest BCUT2D eigenvalue weighted by molar-refractivity contribution is 0.218. The number of para-hydroxylation sites is 2. The van der Waals surface area contributed by atoms with Crippen LogP contribution in [-0.4, -0.2) is 27.2 Å². The van der Waals surface area contributed by atoms with Crippen LogP contribution in [-0.2, 0) is 0 Å². The molecule has 0 amide bonds. The molecule has 0 aliphatic carbocycles. The predicted octanol–water partition coefficient (Wildman–Crippen LogP) is 2.14. The van der Waals surface area contributed by atoms with Crippen molar-refractivity contribution in [3.05, 3.63) is 24.3 Å². The van der Waals surface area contributed by atoms with Gasteiger partial charge in [-0.05, 0) is 25.5 Å². The first-order valence-corrected chi connectivity index (χ1v) is 5.51. The highest BCUT2D eigenvalue weighted by Crippen LogP contribution is 2.18. The van der Waals surface area contributed by atoms with Crippen molar-refractivity contribution >= 4 is 17.0 Å². The average molecular weight is 219 g/mol. The largest absolute Gasteiger partial charge is 0.394 e. The van der Waals surface area contributed by atoms with Gasteiger partial charge in [-0.25, -0.2) is 4.98 Å². The second-order valence-electron chi connectivity index (χ2n) is 4.30. The third kappa shape index (κ3) is 2.02. The maximum Gasteiger partial charge on any atom is 0.201 e. The van der Waals surface area contributed by atoms with Crippen molar-refractivity contribution < 1.29 is 5.11 Å². The van der Waals surface area contributed by atoms with Gasteiger partial charge < -0.3 is 15.4 Å². The van der Waals surface area contributed by atoms with E-state index < -0.39 is 0 Å². The summed E-state index contributed by atoms with van der Waals surface area (Å²) in [6.45, 7) is 4.09. The van der Waals surface area contributed by atoms with Crippen LogP contribution in [0.3, 0.4) is 0 Å². The molecule has 0 radical (unpaired) electrons. The second kappa shape index (κ2) is 4.14. The standard InChI is InChI=1S/C12H17N3O/c1-3-12(2,8-16)15-11-13-9-6-4-5-7-10(9)14-11/h4-7,16H,3,8H2,1-2H3,(H2,13,14,15). The maximum absolute atomic E-state index is 9.32. The van der Waals surface area contributed by atoms with Crippen molar-refractivity contribution in [3.63, 3.8) is 0 Å². The summed E-state index contributed by atoms with van der Waals surface area (Å²) in [5, 5.41) is 12.5. The first kappa shape index (κ1) is 11.0. The molecule has 4 nitrogen and oxygen atoms in total. The molecule has 2 rings (SSSR count). The van der Waals surface area contributed by atoms with Gasteiger partial charge >= 0.3 is 0 Å². The summed E-state index contributed by atoms with van der Waals surface area (Å²) < 4.78 is 0. The Morgan fingerprint density at radius 1 is 1.44 bits per heavy atom. The fourth-order valence-electron chi connectivity index (χ4n) is 1.54. The fourth-order valence-corrected chi connectivity index (χ4v) is 1.54. The maximum atomic E-state index is 9.32. The van der Waals surface area contributed by atoms with Gasteiger partial charge in [0.25, 0.3) is 0 Å². The smallest absolute Gasteiger partial charge is 0.201 e. The third-order valence-corrected chi connectivity index (χ3v) is 2.94. The Balaban J connectivity index is 2.27. The molecule has 16 heavy (non-hydrogen) atoms. The van der Waals surface area contributed by atoms with Crippen molar-refractivity contribution in [1.82, 2.24) is 9.97 Å². The van der Waals surface area contributed by atoms with Crippen molar-refractivity contribution in [2.45, 2.75) is 25.8 Å². The van der Waals surface area contributed by atoms with Gasteiger partial charge in [0, 0.05) is 0 Å². The van der Waals surface area contributed by atoms with E-state index >= 15 is 0 Å². The number of nitrogens with zero attached hydrogens (tertiary/aromatic N) is 1. The van der Waals surface area contributed by atoms with Crippen LogP contribution in [0.25, 0.3) is 11.0 Å². The summed E-state index contributed by atoms with van der Waals surface area (Å²) in [7, 11) is 0. The molecule has 0 aliphatic heterocycles. The van der Waals surface area contributed by atoms with Crippen LogP contribution >= 0.6 is 0 Å². The van der Waals surface area contributed by atoms with Crippen molar-refractivity contribution in [2.75, 3.05) is 11.9 Å². The first-order valence-electron chi connectivity index (χ1n) is 5.51. The molecule has 1 heterocycles. The number of aromatic nitrogens is 2. The SMILES string of the molecule is CCC(C)(CO)Nc1nc2ccccc2[nH]1. The lowest BCUT2D eigenvalue weighted by atomic mass is 10.0. The monoisotopic (exact) mass is 219 g/mol. The van der Waals surface area contributed by atoms with E-state index in [1.165, 1.54) is 0 Å². The molecule has 86 valence electrons. The molecule has 1 aromatic heterocycles. The molecule has 1 unspecified atom stereocenters. The predicted molar refractivity (Wildman–Crippen MR) is 65.5 cm³/mol. The molecule has 0 saturated carbocycles. The first-order chi connectivity index (χ1) is 7.67. The average Bonchev–Trinajstić information content (AvgIpc) is 2.70. The van der Waals surface area contributed by atoms with Gasteiger partial charge in [-0.15, -0.1) is 0 Å². The zero-order chi connectivity index (χ0) is 11.6. The van der Waals surface area contributed by atoms with E-state index in [1.54, 1.807) is 0 Å². The lowest BCUT2D eigenvalue weighted by Gasteiger charge is -2.26. The molecule has 1 aromatic carbocycles. The number of aliphatic hydroxyl groups excluding tert-OH is 1. The van der Waals surface area contributed by atoms with Crippen LogP contribution in [0, 0.1) is 0 Å². The zero-order valence-corrected chi connectivity index (χ0v) is 9.62. The van der Waals surface area contributed by atoms with E-state index in [0.29, 0.717) is 5.95 Å². The molecule has 1 atom stereocenters. The summed E-state index contributed by atoms with van der Waals surface area (Å²) in [4.78, 5) is 7.60. The van der Waals surface area contributed by atoms with Gasteiger partial charge in [0.05, 0.1) is 23.2 Å². The van der Waals surface area contributed by atoms with Crippen molar-refractivity contribution in [3.8, 4) is 0 Å². The fraction of sp³-hybridized carbons (Fsp3) is 0.417. The number of H-pyrrole nitrogens is 1. The van der Waals surface area contributed by atoms with Crippen LogP contribution in [0.2, 0.25) is 0 Å². The topological polar surface area (TPSA) is 60.9 Å². The minimum absolute atomic E-state index is 0.0839. The molecular formula is C12H17N3O. The van der Waals surface area contributed by atoms with Gasteiger partial charge in [0.2, 0.25) is 5.95 Å². The van der Waals surface area contributed by atoms with E-state index in [1.807, 2.05) is 38.1 Å². The summed E-state index contributed by atoms with van der Waals surface area (Å²) in [5.74, 6) is 0.708. The number of aliphatic hydroxyl groups is 1. The third-order valence-electron chi connectivity index (χ3n) is 2.94. The molecule has 0 aliphatic rings. The summed E-state index contributed by atoms with van der Waals surface area (Å²) in [6, 6.07) is 7.86. The molecule has 4 heteroatoms. The molecular weight excluding hydrogens is 202 g/mol. The lowest BCUT2D eigenvalue weighted by Crippen LogP contribution is -2.38. The van der Waals surface area contributed by atoms with E-state index in [4.69, 9.17) is 0 Å².